The van der Waals surface area contributed by atoms with E-state index >= 15 is 0 Å². The maximum absolute atomic E-state index is 14.5. The Balaban J connectivity index is 0.000000231. The molecule has 0 saturated carbocycles. The third-order valence-electron chi connectivity index (χ3n) is 10.4. The Morgan fingerprint density at radius 3 is 1.51 bits per heavy atom. The first kappa shape index (κ1) is 45.2. The molecule has 0 spiro atoms. The summed E-state index contributed by atoms with van der Waals surface area (Å²) < 4.78 is 34.2. The maximum Gasteiger partial charge on any atom is 0.256 e. The number of hydrogen-bond acceptors (Lipinski definition) is 7. The van der Waals surface area contributed by atoms with Gasteiger partial charge in [-0.15, -0.1) is 0 Å². The Kier molecular flexibility index (Phi) is 15.9. The van der Waals surface area contributed by atoms with Crippen LogP contribution >= 0.6 is 0 Å². The van der Waals surface area contributed by atoms with E-state index in [0.717, 1.165) is 27.9 Å². The molecule has 2 amide bonds. The van der Waals surface area contributed by atoms with Gasteiger partial charge in [0.25, 0.3) is 11.8 Å². The number of nitrogens with zero attached hydrogens (tertiary/aromatic N) is 4. The SMILES string of the molecule is CCN(C)C(=O)c1ccc(-c2ccc(C(=O)CCc3ccc(C)nc3)cc2)cc1F.CCN(C)C(=O)c1ccc(-c2ccc(C(=O)CCc3cccnc3OC)cc2)cc1F. The van der Waals surface area contributed by atoms with Gasteiger partial charge in [0.2, 0.25) is 5.88 Å². The molecule has 314 valence electrons. The summed E-state index contributed by atoms with van der Waals surface area (Å²) in [6.45, 7) is 6.61. The van der Waals surface area contributed by atoms with Gasteiger partial charge in [0.15, 0.2) is 11.6 Å². The first-order valence-electron chi connectivity index (χ1n) is 20.1. The Morgan fingerprint density at radius 2 is 1.08 bits per heavy atom. The van der Waals surface area contributed by atoms with Crippen LogP contribution in [0.15, 0.2) is 122 Å². The lowest BCUT2D eigenvalue weighted by Gasteiger charge is -2.15. The van der Waals surface area contributed by atoms with E-state index in [1.165, 1.54) is 34.1 Å². The average Bonchev–Trinajstić information content (AvgIpc) is 3.29. The van der Waals surface area contributed by atoms with Crippen molar-refractivity contribution >= 4 is 23.4 Å². The van der Waals surface area contributed by atoms with Gasteiger partial charge >= 0.3 is 0 Å². The van der Waals surface area contributed by atoms with Crippen molar-refractivity contribution in [3.8, 4) is 28.1 Å². The second kappa shape index (κ2) is 21.4. The Hall–Kier alpha value is -6.88. The van der Waals surface area contributed by atoms with Crippen LogP contribution in [0.1, 0.15) is 84.9 Å². The van der Waals surface area contributed by atoms with Crippen LogP contribution in [0.2, 0.25) is 0 Å². The lowest BCUT2D eigenvalue weighted by Crippen LogP contribution is -2.27. The minimum Gasteiger partial charge on any atom is -0.481 e. The lowest BCUT2D eigenvalue weighted by atomic mass is 9.98. The fourth-order valence-electron chi connectivity index (χ4n) is 6.37. The molecule has 11 heteroatoms. The monoisotopic (exact) mass is 824 g/mol. The van der Waals surface area contributed by atoms with Crippen LogP contribution in [0.25, 0.3) is 22.3 Å². The summed E-state index contributed by atoms with van der Waals surface area (Å²) >= 11 is 0. The molecule has 4 aromatic carbocycles. The van der Waals surface area contributed by atoms with E-state index in [4.69, 9.17) is 4.74 Å². The highest BCUT2D eigenvalue weighted by Gasteiger charge is 2.18. The van der Waals surface area contributed by atoms with Crippen molar-refractivity contribution in [3.05, 3.63) is 172 Å². The van der Waals surface area contributed by atoms with Gasteiger partial charge in [0.1, 0.15) is 11.6 Å². The fraction of sp³-hybridized carbons (Fsp3) is 0.240. The van der Waals surface area contributed by atoms with E-state index in [-0.39, 0.29) is 34.5 Å². The molecular formula is C50H50F2N4O5. The predicted octanol–water partition coefficient (Wildman–Crippen LogP) is 9.91. The molecule has 0 N–H and O–H groups in total. The van der Waals surface area contributed by atoms with Crippen LogP contribution in [0.5, 0.6) is 5.88 Å². The normalized spacial score (nSPS) is 10.6. The number of ether oxygens (including phenoxy) is 1. The number of Topliss-reactive ketones (excluding diaryl/α,β-unsaturated/α-hetero) is 2. The molecule has 0 bridgehead atoms. The number of carbonyl (C=O) groups excluding carboxylic acids is 4. The van der Waals surface area contributed by atoms with Gasteiger partial charge < -0.3 is 14.5 Å². The number of methoxy groups -OCH3 is 1. The summed E-state index contributed by atoms with van der Waals surface area (Å²) in [7, 11) is 4.83. The molecule has 0 fully saturated rings. The lowest BCUT2D eigenvalue weighted by molar-refractivity contribution is 0.0790. The topological polar surface area (TPSA) is 110 Å². The summed E-state index contributed by atoms with van der Waals surface area (Å²) in [6, 6.07) is 30.9. The molecule has 0 aliphatic carbocycles. The molecule has 2 aromatic heterocycles. The van der Waals surface area contributed by atoms with Crippen molar-refractivity contribution in [2.24, 2.45) is 0 Å². The van der Waals surface area contributed by atoms with Gasteiger partial charge in [-0.3, -0.25) is 24.2 Å². The van der Waals surface area contributed by atoms with Gasteiger partial charge in [0, 0.05) is 74.8 Å². The minimum absolute atomic E-state index is 0.00665. The second-order valence-electron chi connectivity index (χ2n) is 14.5. The van der Waals surface area contributed by atoms with Gasteiger partial charge in [-0.05, 0) is 97.8 Å². The third-order valence-corrected chi connectivity index (χ3v) is 10.4. The molecule has 0 unspecified atom stereocenters. The third kappa shape index (κ3) is 11.9. The minimum atomic E-state index is -0.562. The first-order valence-corrected chi connectivity index (χ1v) is 20.1. The number of pyridine rings is 2. The van der Waals surface area contributed by atoms with E-state index in [1.807, 2.05) is 45.0 Å². The van der Waals surface area contributed by atoms with E-state index in [0.29, 0.717) is 66.9 Å². The Labute approximate surface area is 356 Å². The molecule has 0 aliphatic heterocycles. The van der Waals surface area contributed by atoms with Crippen molar-refractivity contribution in [1.29, 1.82) is 0 Å². The highest BCUT2D eigenvalue weighted by atomic mass is 19.1. The summed E-state index contributed by atoms with van der Waals surface area (Å²) in [5, 5.41) is 0. The van der Waals surface area contributed by atoms with Crippen LogP contribution in [0.4, 0.5) is 8.78 Å². The number of aromatic nitrogens is 2. The molecule has 6 aromatic rings. The number of hydrogen-bond donors (Lipinski definition) is 0. The summed E-state index contributed by atoms with van der Waals surface area (Å²) in [6.07, 6.45) is 5.35. The van der Waals surface area contributed by atoms with Crippen molar-refractivity contribution < 1.29 is 32.7 Å². The quantitative estimate of drug-likeness (QED) is 0.0949. The number of carbonyl (C=O) groups is 4. The number of amides is 2. The van der Waals surface area contributed by atoms with Crippen LogP contribution < -0.4 is 4.74 Å². The van der Waals surface area contributed by atoms with Crippen molar-refractivity contribution in [3.63, 3.8) is 0 Å². The molecule has 0 radical (unpaired) electrons. The molecule has 0 aliphatic rings. The van der Waals surface area contributed by atoms with Crippen molar-refractivity contribution in [2.45, 2.75) is 46.5 Å². The zero-order valence-electron chi connectivity index (χ0n) is 35.4. The zero-order chi connectivity index (χ0) is 44.1. The average molecular weight is 825 g/mol. The molecule has 9 nitrogen and oxygen atoms in total. The first-order chi connectivity index (χ1) is 29.3. The summed E-state index contributed by atoms with van der Waals surface area (Å²) in [4.78, 5) is 60.8. The number of ketones is 2. The Bertz CT molecular complexity index is 2470. The summed E-state index contributed by atoms with van der Waals surface area (Å²) in [5.74, 6) is -1.22. The van der Waals surface area contributed by atoms with Crippen LogP contribution in [0.3, 0.4) is 0 Å². The molecule has 61 heavy (non-hydrogen) atoms. The van der Waals surface area contributed by atoms with Crippen LogP contribution in [-0.4, -0.2) is 77.4 Å². The zero-order valence-corrected chi connectivity index (χ0v) is 35.4. The smallest absolute Gasteiger partial charge is 0.256 e. The number of aryl methyl sites for hydroxylation is 3. The van der Waals surface area contributed by atoms with Crippen LogP contribution in [0, 0.1) is 18.6 Å². The van der Waals surface area contributed by atoms with E-state index in [9.17, 15) is 28.0 Å². The maximum atomic E-state index is 14.5. The van der Waals surface area contributed by atoms with Crippen LogP contribution in [-0.2, 0) is 12.8 Å². The highest BCUT2D eigenvalue weighted by Crippen LogP contribution is 2.26. The van der Waals surface area contributed by atoms with E-state index in [2.05, 4.69) is 9.97 Å². The van der Waals surface area contributed by atoms with Gasteiger partial charge in [0.05, 0.1) is 18.2 Å². The summed E-state index contributed by atoms with van der Waals surface area (Å²) in [5.41, 5.74) is 7.04. The van der Waals surface area contributed by atoms with Gasteiger partial charge in [-0.2, -0.15) is 0 Å². The Morgan fingerprint density at radius 1 is 0.607 bits per heavy atom. The standard InChI is InChI=1S/C25H25FN2O3.C25H25FN2O2/c1-4-28(2)25(30)21-13-11-20(16-22(21)26)17-7-9-18(10-8-17)23(29)14-12-19-6-5-15-27-24(19)31-3;1-4-28(3)25(30)22-13-12-21(15-23(22)26)19-8-10-20(11-9-19)24(29)14-7-18-6-5-17(2)27-16-18/h5-11,13,15-16H,4,12,14H2,1-3H3;5-6,8-13,15-16H,4,7,14H2,1-3H3. The van der Waals surface area contributed by atoms with Gasteiger partial charge in [-0.25, -0.2) is 13.8 Å². The van der Waals surface area contributed by atoms with E-state index in [1.54, 1.807) is 94.3 Å². The molecule has 0 atom stereocenters. The second-order valence-corrected chi connectivity index (χ2v) is 14.5. The number of halogens is 2. The van der Waals surface area contributed by atoms with E-state index < -0.39 is 11.6 Å². The number of rotatable bonds is 15. The largest absolute Gasteiger partial charge is 0.481 e. The van der Waals surface area contributed by atoms with Crippen molar-refractivity contribution in [1.82, 2.24) is 19.8 Å². The number of benzene rings is 4. The molecule has 0 saturated heterocycles. The molecule has 2 heterocycles. The highest BCUT2D eigenvalue weighted by molar-refractivity contribution is 5.98. The fourth-order valence-corrected chi connectivity index (χ4v) is 6.37. The molecular weight excluding hydrogens is 775 g/mol. The predicted molar refractivity (Wildman–Crippen MR) is 234 cm³/mol. The van der Waals surface area contributed by atoms with Crippen molar-refractivity contribution in [2.75, 3.05) is 34.3 Å². The molecule has 6 rings (SSSR count). The van der Waals surface area contributed by atoms with Gasteiger partial charge in [-0.1, -0.05) is 72.8 Å².